The van der Waals surface area contributed by atoms with E-state index in [4.69, 9.17) is 4.74 Å². The van der Waals surface area contributed by atoms with Crippen LogP contribution in [0.5, 0.6) is 11.5 Å². The van der Waals surface area contributed by atoms with E-state index in [1.807, 2.05) is 4.90 Å². The predicted molar refractivity (Wildman–Crippen MR) is 129 cm³/mol. The van der Waals surface area contributed by atoms with Crippen LogP contribution in [-0.2, 0) is 0 Å². The molecular weight excluding hydrogens is 465 g/mol. The average Bonchev–Trinajstić information content (AvgIpc) is 3.23. The van der Waals surface area contributed by atoms with Crippen LogP contribution in [-0.4, -0.2) is 53.5 Å². The highest BCUT2D eigenvalue weighted by Gasteiger charge is 2.37. The fourth-order valence-corrected chi connectivity index (χ4v) is 5.10. The summed E-state index contributed by atoms with van der Waals surface area (Å²) in [6.07, 6.45) is 3.35. The van der Waals surface area contributed by atoms with Crippen LogP contribution in [0.4, 0.5) is 10.1 Å². The third kappa shape index (κ3) is 3.84. The molecule has 5 rings (SSSR count). The molecule has 3 aromatic rings. The number of rotatable bonds is 4. The summed E-state index contributed by atoms with van der Waals surface area (Å²) >= 11 is 0. The first-order valence-corrected chi connectivity index (χ1v) is 10.9. The van der Waals surface area contributed by atoms with Crippen LogP contribution in [0, 0.1) is 11.7 Å². The number of methoxy groups -OCH3 is 1. The van der Waals surface area contributed by atoms with Crippen LogP contribution in [0.25, 0.3) is 16.6 Å². The minimum absolute atomic E-state index is 0. The highest BCUT2D eigenvalue weighted by atomic mass is 35.5. The maximum absolute atomic E-state index is 15.5. The zero-order chi connectivity index (χ0) is 23.3. The summed E-state index contributed by atoms with van der Waals surface area (Å²) < 4.78 is 22.7. The number of carbonyl (C=O) groups is 1. The van der Waals surface area contributed by atoms with E-state index < -0.39 is 22.8 Å². The standard InChI is InChI=1S/C24H24FN3O5.ClH/c1-33-23-20-16(9-18(25)21(23)27-10-13-3-2-8-26-19(13)12-27)22(30)17(24(31)32)11-28(20)14-4-6-15(29)7-5-14;/h4-7,9,11,13,19,26,29H,2-3,8,10,12H2,1H3,(H,31,32);1H. The van der Waals surface area contributed by atoms with Gasteiger partial charge in [-0.2, -0.15) is 0 Å². The number of benzene rings is 2. The molecule has 2 aromatic carbocycles. The number of aromatic hydroxyl groups is 1. The molecule has 0 aliphatic carbocycles. The molecular formula is C24H25ClFN3O5. The van der Waals surface area contributed by atoms with Crippen molar-refractivity contribution in [2.24, 2.45) is 5.92 Å². The monoisotopic (exact) mass is 489 g/mol. The molecule has 3 N–H and O–H groups in total. The lowest BCUT2D eigenvalue weighted by atomic mass is 9.94. The number of phenols is 1. The molecule has 2 fully saturated rings. The SMILES string of the molecule is COc1c(N2CC3CCCNC3C2)c(F)cc2c(=O)c(C(=O)O)cn(-c3ccc(O)cc3)c12.Cl. The number of anilines is 1. The van der Waals surface area contributed by atoms with E-state index in [2.05, 4.69) is 5.32 Å². The van der Waals surface area contributed by atoms with Crippen molar-refractivity contribution in [3.8, 4) is 17.2 Å². The third-order valence-corrected chi connectivity index (χ3v) is 6.65. The Bertz CT molecular complexity index is 1300. The largest absolute Gasteiger partial charge is 0.508 e. The molecule has 3 heterocycles. The molecule has 0 radical (unpaired) electrons. The van der Waals surface area contributed by atoms with Gasteiger partial charge in [0.25, 0.3) is 0 Å². The van der Waals surface area contributed by atoms with Gasteiger partial charge in [-0.1, -0.05) is 0 Å². The average molecular weight is 490 g/mol. The minimum atomic E-state index is -1.41. The summed E-state index contributed by atoms with van der Waals surface area (Å²) in [6.45, 7) is 2.21. The van der Waals surface area contributed by atoms with Crippen LogP contribution in [0.2, 0.25) is 0 Å². The number of nitrogens with zero attached hydrogens (tertiary/aromatic N) is 2. The van der Waals surface area contributed by atoms with Crippen molar-refractivity contribution in [3.63, 3.8) is 0 Å². The van der Waals surface area contributed by atoms with Gasteiger partial charge in [-0.05, 0) is 55.6 Å². The predicted octanol–water partition coefficient (Wildman–Crippen LogP) is 3.15. The van der Waals surface area contributed by atoms with E-state index in [0.29, 0.717) is 24.7 Å². The highest BCUT2D eigenvalue weighted by Crippen LogP contribution is 2.42. The lowest BCUT2D eigenvalue weighted by molar-refractivity contribution is 0.0695. The molecule has 2 aliphatic rings. The number of aromatic nitrogens is 1. The molecule has 1 aromatic heterocycles. The van der Waals surface area contributed by atoms with E-state index >= 15 is 4.39 Å². The van der Waals surface area contributed by atoms with Gasteiger partial charge in [0.15, 0.2) is 11.6 Å². The van der Waals surface area contributed by atoms with E-state index in [1.54, 1.807) is 12.1 Å². The van der Waals surface area contributed by atoms with E-state index in [9.17, 15) is 19.8 Å². The minimum Gasteiger partial charge on any atom is -0.508 e. The quantitative estimate of drug-likeness (QED) is 0.517. The molecule has 2 saturated heterocycles. The van der Waals surface area contributed by atoms with Gasteiger partial charge in [0.1, 0.15) is 22.5 Å². The maximum Gasteiger partial charge on any atom is 0.341 e. The Hall–Kier alpha value is -3.30. The Balaban J connectivity index is 0.00000274. The van der Waals surface area contributed by atoms with Crippen molar-refractivity contribution in [1.29, 1.82) is 0 Å². The maximum atomic E-state index is 15.5. The second kappa shape index (κ2) is 9.15. The number of aromatic carboxylic acids is 1. The third-order valence-electron chi connectivity index (χ3n) is 6.65. The molecule has 2 aliphatic heterocycles. The second-order valence-corrected chi connectivity index (χ2v) is 8.57. The number of phenolic OH excluding ortho intramolecular Hbond substituents is 1. The van der Waals surface area contributed by atoms with E-state index in [-0.39, 0.29) is 46.5 Å². The number of hydrogen-bond acceptors (Lipinski definition) is 6. The van der Waals surface area contributed by atoms with Crippen molar-refractivity contribution in [1.82, 2.24) is 9.88 Å². The summed E-state index contributed by atoms with van der Waals surface area (Å²) in [7, 11) is 1.41. The second-order valence-electron chi connectivity index (χ2n) is 8.57. The summed E-state index contributed by atoms with van der Waals surface area (Å²) in [5.74, 6) is -1.44. The molecule has 8 nitrogen and oxygen atoms in total. The summed E-state index contributed by atoms with van der Waals surface area (Å²) in [6, 6.07) is 7.44. The van der Waals surface area contributed by atoms with Crippen molar-refractivity contribution >= 4 is 35.0 Å². The first-order valence-electron chi connectivity index (χ1n) is 10.9. The van der Waals surface area contributed by atoms with E-state index in [0.717, 1.165) is 25.5 Å². The van der Waals surface area contributed by atoms with Crippen LogP contribution in [0.15, 0.2) is 41.3 Å². The number of ether oxygens (including phenoxy) is 1. The van der Waals surface area contributed by atoms with Gasteiger partial charge >= 0.3 is 5.97 Å². The number of carboxylic acid groups (broad SMARTS) is 1. The molecule has 0 amide bonds. The van der Waals surface area contributed by atoms with Gasteiger partial charge in [0, 0.05) is 31.0 Å². The normalized spacial score (nSPS) is 19.5. The smallest absolute Gasteiger partial charge is 0.341 e. The van der Waals surface area contributed by atoms with Crippen LogP contribution < -0.4 is 20.4 Å². The number of carboxylic acids is 1. The lowest BCUT2D eigenvalue weighted by Gasteiger charge is -2.25. The summed E-state index contributed by atoms with van der Waals surface area (Å²) in [5, 5.41) is 22.7. The Morgan fingerprint density at radius 1 is 1.24 bits per heavy atom. The number of fused-ring (bicyclic) bond motifs is 2. The number of hydrogen-bond donors (Lipinski definition) is 3. The number of nitrogens with one attached hydrogen (secondary N) is 1. The summed E-state index contributed by atoms with van der Waals surface area (Å²) in [4.78, 5) is 26.7. The van der Waals surface area contributed by atoms with Crippen molar-refractivity contribution in [2.75, 3.05) is 31.6 Å². The summed E-state index contributed by atoms with van der Waals surface area (Å²) in [5.41, 5.74) is -0.240. The number of pyridine rings is 1. The number of piperidine rings is 1. The Morgan fingerprint density at radius 2 is 1.97 bits per heavy atom. The van der Waals surface area contributed by atoms with Crippen LogP contribution in [0.3, 0.4) is 0 Å². The van der Waals surface area contributed by atoms with Crippen LogP contribution >= 0.6 is 12.4 Å². The van der Waals surface area contributed by atoms with Gasteiger partial charge in [-0.3, -0.25) is 4.79 Å². The molecule has 180 valence electrons. The van der Waals surface area contributed by atoms with Gasteiger partial charge < -0.3 is 29.7 Å². The van der Waals surface area contributed by atoms with Crippen LogP contribution in [0.1, 0.15) is 23.2 Å². The zero-order valence-electron chi connectivity index (χ0n) is 18.5. The van der Waals surface area contributed by atoms with E-state index in [1.165, 1.54) is 30.0 Å². The highest BCUT2D eigenvalue weighted by molar-refractivity contribution is 5.97. The Morgan fingerprint density at radius 3 is 2.62 bits per heavy atom. The number of halogens is 2. The lowest BCUT2D eigenvalue weighted by Crippen LogP contribution is -2.40. The molecule has 2 atom stereocenters. The Kier molecular flexibility index (Phi) is 6.42. The molecule has 0 saturated carbocycles. The van der Waals surface area contributed by atoms with Crippen molar-refractivity contribution in [3.05, 3.63) is 58.1 Å². The fourth-order valence-electron chi connectivity index (χ4n) is 5.10. The zero-order valence-corrected chi connectivity index (χ0v) is 19.3. The van der Waals surface area contributed by atoms with Gasteiger partial charge in [0.2, 0.25) is 5.43 Å². The molecule has 34 heavy (non-hydrogen) atoms. The fraction of sp³-hybridized carbons (Fsp3) is 0.333. The van der Waals surface area contributed by atoms with Crippen molar-refractivity contribution in [2.45, 2.75) is 18.9 Å². The van der Waals surface area contributed by atoms with Gasteiger partial charge in [-0.15, -0.1) is 12.4 Å². The topological polar surface area (TPSA) is 104 Å². The van der Waals surface area contributed by atoms with Gasteiger partial charge in [0.05, 0.1) is 12.5 Å². The van der Waals surface area contributed by atoms with Gasteiger partial charge in [-0.25, -0.2) is 9.18 Å². The van der Waals surface area contributed by atoms with Crippen molar-refractivity contribution < 1.29 is 24.1 Å². The molecule has 0 spiro atoms. The first-order chi connectivity index (χ1) is 15.9. The molecule has 2 unspecified atom stereocenters. The molecule has 0 bridgehead atoms. The Labute approximate surface area is 201 Å². The first kappa shape index (κ1) is 23.8. The molecule has 10 heteroatoms.